The van der Waals surface area contributed by atoms with Gasteiger partial charge in [-0.1, -0.05) is 17.8 Å². The third-order valence-electron chi connectivity index (χ3n) is 3.14. The molecule has 0 bridgehead atoms. The minimum absolute atomic E-state index is 0.0431. The van der Waals surface area contributed by atoms with E-state index in [0.717, 1.165) is 6.42 Å². The number of ether oxygens (including phenoxy) is 1. The van der Waals surface area contributed by atoms with E-state index in [1.54, 1.807) is 17.9 Å². The molecule has 1 aromatic heterocycles. The van der Waals surface area contributed by atoms with Crippen LogP contribution >= 0.6 is 11.8 Å². The zero-order valence-electron chi connectivity index (χ0n) is 12.3. The molecule has 2 heterocycles. The number of nitrogens with two attached hydrogens (primary N) is 1. The molecule has 0 spiro atoms. The first-order chi connectivity index (χ1) is 10.6. The summed E-state index contributed by atoms with van der Waals surface area (Å²) in [5.74, 6) is -0.448. The molecular weight excluding hydrogens is 304 g/mol. The zero-order chi connectivity index (χ0) is 16.1. The lowest BCUT2D eigenvalue weighted by molar-refractivity contribution is -0.126. The molecule has 1 aliphatic rings. The summed E-state index contributed by atoms with van der Waals surface area (Å²) in [7, 11) is 0. The summed E-state index contributed by atoms with van der Waals surface area (Å²) in [6.07, 6.45) is 3.76. The lowest BCUT2D eigenvalue weighted by Gasteiger charge is -2.13. The minimum atomic E-state index is -0.550. The molecule has 1 atom stereocenters. The van der Waals surface area contributed by atoms with Crippen molar-refractivity contribution in [1.82, 2.24) is 14.9 Å². The zero-order valence-corrected chi connectivity index (χ0v) is 13.1. The summed E-state index contributed by atoms with van der Waals surface area (Å²) >= 11 is 1.26. The van der Waals surface area contributed by atoms with Crippen LogP contribution in [0.5, 0.6) is 0 Å². The molecule has 1 amide bonds. The molecule has 1 saturated heterocycles. The number of hydrogen-bond donors (Lipinski definition) is 1. The summed E-state index contributed by atoms with van der Waals surface area (Å²) in [6, 6.07) is 0. The van der Waals surface area contributed by atoms with Gasteiger partial charge < -0.3 is 15.4 Å². The van der Waals surface area contributed by atoms with Crippen molar-refractivity contribution in [3.8, 4) is 0 Å². The minimum Gasteiger partial charge on any atom is -0.462 e. The molecule has 118 valence electrons. The van der Waals surface area contributed by atoms with Gasteiger partial charge in [-0.25, -0.2) is 14.8 Å². The van der Waals surface area contributed by atoms with Crippen molar-refractivity contribution in [2.45, 2.75) is 23.8 Å². The van der Waals surface area contributed by atoms with Crippen LogP contribution in [0.2, 0.25) is 0 Å². The number of nitrogens with zero attached hydrogens (tertiary/aromatic N) is 3. The van der Waals surface area contributed by atoms with Crippen LogP contribution in [0.3, 0.4) is 0 Å². The largest absolute Gasteiger partial charge is 0.462 e. The SMILES string of the molecule is C=CCN1CC[C@@H](Sc2ncc(C(=O)OCC)c(N)n2)C1=O. The first kappa shape index (κ1) is 16.3. The number of hydrogen-bond acceptors (Lipinski definition) is 7. The van der Waals surface area contributed by atoms with E-state index in [2.05, 4.69) is 16.5 Å². The molecule has 0 radical (unpaired) electrons. The molecule has 7 nitrogen and oxygen atoms in total. The standard InChI is InChI=1S/C14H18N4O3S/c1-3-6-18-7-5-10(12(18)19)22-14-16-8-9(11(15)17-14)13(20)21-4-2/h3,8,10H,1,4-7H2,2H3,(H2,15,16,17)/t10-/m1/s1. The maximum atomic E-state index is 12.1. The Morgan fingerprint density at radius 2 is 2.45 bits per heavy atom. The van der Waals surface area contributed by atoms with E-state index < -0.39 is 5.97 Å². The number of carbonyl (C=O) groups is 2. The molecule has 8 heteroatoms. The predicted octanol–water partition coefficient (Wildman–Crippen LogP) is 1.11. The smallest absolute Gasteiger partial charge is 0.343 e. The summed E-state index contributed by atoms with van der Waals surface area (Å²) in [5, 5.41) is 0.150. The number of esters is 1. The Morgan fingerprint density at radius 1 is 1.68 bits per heavy atom. The van der Waals surface area contributed by atoms with Gasteiger partial charge in [0.1, 0.15) is 11.4 Å². The van der Waals surface area contributed by atoms with Crippen molar-refractivity contribution in [2.24, 2.45) is 0 Å². The average Bonchev–Trinajstić information content (AvgIpc) is 2.81. The van der Waals surface area contributed by atoms with Crippen molar-refractivity contribution in [2.75, 3.05) is 25.4 Å². The molecule has 1 aromatic rings. The highest BCUT2D eigenvalue weighted by atomic mass is 32.2. The van der Waals surface area contributed by atoms with Gasteiger partial charge in [-0.3, -0.25) is 4.79 Å². The van der Waals surface area contributed by atoms with Crippen molar-refractivity contribution < 1.29 is 14.3 Å². The number of rotatable bonds is 6. The molecule has 0 aliphatic carbocycles. The van der Waals surface area contributed by atoms with Gasteiger partial charge in [0.25, 0.3) is 0 Å². The average molecular weight is 322 g/mol. The molecule has 2 N–H and O–H groups in total. The maximum absolute atomic E-state index is 12.1. The second-order valence-corrected chi connectivity index (χ2v) is 5.81. The van der Waals surface area contributed by atoms with Crippen molar-refractivity contribution >= 4 is 29.5 Å². The third kappa shape index (κ3) is 3.56. The number of amides is 1. The maximum Gasteiger partial charge on any atom is 0.343 e. The van der Waals surface area contributed by atoms with E-state index in [-0.39, 0.29) is 29.1 Å². The van der Waals surface area contributed by atoms with Crippen LogP contribution in [0.15, 0.2) is 24.0 Å². The Labute approximate surface area is 132 Å². The number of likely N-dealkylation sites (tertiary alicyclic amines) is 1. The summed E-state index contributed by atoms with van der Waals surface area (Å²) in [5.41, 5.74) is 5.90. The highest BCUT2D eigenvalue weighted by molar-refractivity contribution is 8.00. The molecule has 0 unspecified atom stereocenters. The fraction of sp³-hybridized carbons (Fsp3) is 0.429. The second-order valence-electron chi connectivity index (χ2n) is 4.64. The van der Waals surface area contributed by atoms with Crippen molar-refractivity contribution in [3.63, 3.8) is 0 Å². The van der Waals surface area contributed by atoms with Crippen LogP contribution in [-0.4, -0.2) is 51.7 Å². The number of thioether (sulfide) groups is 1. The van der Waals surface area contributed by atoms with Gasteiger partial charge in [-0.15, -0.1) is 6.58 Å². The molecule has 1 fully saturated rings. The highest BCUT2D eigenvalue weighted by Gasteiger charge is 2.32. The van der Waals surface area contributed by atoms with E-state index in [4.69, 9.17) is 10.5 Å². The molecule has 2 rings (SSSR count). The van der Waals surface area contributed by atoms with E-state index in [0.29, 0.717) is 18.2 Å². The molecule has 22 heavy (non-hydrogen) atoms. The van der Waals surface area contributed by atoms with Crippen molar-refractivity contribution in [3.05, 3.63) is 24.4 Å². The van der Waals surface area contributed by atoms with Gasteiger partial charge in [-0.05, 0) is 13.3 Å². The van der Waals surface area contributed by atoms with Gasteiger partial charge >= 0.3 is 5.97 Å². The molecular formula is C14H18N4O3S. The predicted molar refractivity (Wildman–Crippen MR) is 83.4 cm³/mol. The third-order valence-corrected chi connectivity index (χ3v) is 4.27. The van der Waals surface area contributed by atoms with Crippen molar-refractivity contribution in [1.29, 1.82) is 0 Å². The summed E-state index contributed by atoms with van der Waals surface area (Å²) < 4.78 is 4.86. The quantitative estimate of drug-likeness (QED) is 0.476. The Balaban J connectivity index is 2.05. The lowest BCUT2D eigenvalue weighted by Crippen LogP contribution is -2.28. The highest BCUT2D eigenvalue weighted by Crippen LogP contribution is 2.29. The van der Waals surface area contributed by atoms with Gasteiger partial charge in [0.2, 0.25) is 5.91 Å². The van der Waals surface area contributed by atoms with Crippen LogP contribution in [0, 0.1) is 0 Å². The van der Waals surface area contributed by atoms with Gasteiger partial charge in [0.05, 0.1) is 11.9 Å². The number of carbonyl (C=O) groups excluding carboxylic acids is 2. The van der Waals surface area contributed by atoms with E-state index in [1.807, 2.05) is 0 Å². The van der Waals surface area contributed by atoms with Crippen LogP contribution in [0.1, 0.15) is 23.7 Å². The topological polar surface area (TPSA) is 98.4 Å². The van der Waals surface area contributed by atoms with Crippen LogP contribution < -0.4 is 5.73 Å². The fourth-order valence-corrected chi connectivity index (χ4v) is 3.08. The Kier molecular flexibility index (Phi) is 5.37. The molecule has 0 aromatic carbocycles. The van der Waals surface area contributed by atoms with Gasteiger partial charge in [0, 0.05) is 19.3 Å². The fourth-order valence-electron chi connectivity index (χ4n) is 2.09. The molecule has 1 aliphatic heterocycles. The first-order valence-electron chi connectivity index (χ1n) is 6.92. The second kappa shape index (κ2) is 7.26. The normalized spacial score (nSPS) is 17.6. The van der Waals surface area contributed by atoms with E-state index in [9.17, 15) is 9.59 Å². The summed E-state index contributed by atoms with van der Waals surface area (Å²) in [4.78, 5) is 33.7. The Bertz CT molecular complexity index is 593. The monoisotopic (exact) mass is 322 g/mol. The Morgan fingerprint density at radius 3 is 3.09 bits per heavy atom. The summed E-state index contributed by atoms with van der Waals surface area (Å²) in [6.45, 7) is 6.83. The first-order valence-corrected chi connectivity index (χ1v) is 7.80. The van der Waals surface area contributed by atoms with Crippen LogP contribution in [-0.2, 0) is 9.53 Å². The number of aromatic nitrogens is 2. The lowest BCUT2D eigenvalue weighted by atomic mass is 10.3. The van der Waals surface area contributed by atoms with E-state index >= 15 is 0 Å². The van der Waals surface area contributed by atoms with Crippen LogP contribution in [0.4, 0.5) is 5.82 Å². The Hall–Kier alpha value is -2.09. The van der Waals surface area contributed by atoms with Gasteiger partial charge in [-0.2, -0.15) is 0 Å². The molecule has 0 saturated carbocycles. The van der Waals surface area contributed by atoms with Gasteiger partial charge in [0.15, 0.2) is 5.16 Å². The van der Waals surface area contributed by atoms with Crippen LogP contribution in [0.25, 0.3) is 0 Å². The number of anilines is 1. The number of nitrogen functional groups attached to an aromatic ring is 1. The van der Waals surface area contributed by atoms with E-state index in [1.165, 1.54) is 18.0 Å².